The number of benzene rings is 2. The molecule has 1 aromatic heterocycles. The van der Waals surface area contributed by atoms with E-state index in [9.17, 15) is 9.59 Å². The molecule has 2 aliphatic rings. The molecule has 0 radical (unpaired) electrons. The monoisotopic (exact) mass is 466 g/mol. The number of amides is 2. The fraction of sp³-hybridized carbons (Fsp3) is 0.304. The average Bonchev–Trinajstić information content (AvgIpc) is 3.32. The molecule has 2 heterocycles. The summed E-state index contributed by atoms with van der Waals surface area (Å²) in [6.07, 6.45) is 1.68. The maximum absolute atomic E-state index is 13.5. The van der Waals surface area contributed by atoms with Crippen molar-refractivity contribution in [3.05, 3.63) is 64.7 Å². The molecule has 170 valence electrons. The lowest BCUT2D eigenvalue weighted by atomic mass is 10.0. The van der Waals surface area contributed by atoms with E-state index in [0.29, 0.717) is 22.8 Å². The molecule has 9 nitrogen and oxygen atoms in total. The number of aromatic nitrogens is 2. The fourth-order valence-corrected chi connectivity index (χ4v) is 4.23. The van der Waals surface area contributed by atoms with E-state index < -0.39 is 6.04 Å². The first-order chi connectivity index (χ1) is 16.1. The minimum absolute atomic E-state index is 0.0254. The van der Waals surface area contributed by atoms with Crippen molar-refractivity contribution in [2.45, 2.75) is 31.5 Å². The fourth-order valence-electron chi connectivity index (χ4n) is 3.80. The zero-order valence-corrected chi connectivity index (χ0v) is 18.7. The molecule has 0 spiro atoms. The number of nitrogens with zero attached hydrogens (tertiary/aromatic N) is 3. The molecule has 3 aromatic rings. The van der Waals surface area contributed by atoms with Gasteiger partial charge in [0, 0.05) is 18.0 Å². The molecule has 5 rings (SSSR count). The van der Waals surface area contributed by atoms with Crippen molar-refractivity contribution in [3.63, 3.8) is 0 Å². The molecule has 1 atom stereocenters. The number of hydrogen-bond acceptors (Lipinski definition) is 8. The maximum atomic E-state index is 13.5. The van der Waals surface area contributed by atoms with E-state index in [1.165, 1.54) is 0 Å². The van der Waals surface area contributed by atoms with Gasteiger partial charge in [0.1, 0.15) is 11.8 Å². The topological polar surface area (TPSA) is 103 Å². The highest BCUT2D eigenvalue weighted by Gasteiger charge is 2.42. The van der Waals surface area contributed by atoms with Gasteiger partial charge in [0.25, 0.3) is 5.91 Å². The van der Waals surface area contributed by atoms with Crippen LogP contribution in [0.15, 0.2) is 47.8 Å². The molecule has 0 bridgehead atoms. The van der Waals surface area contributed by atoms with Crippen LogP contribution in [0.1, 0.15) is 40.5 Å². The average molecular weight is 467 g/mol. The van der Waals surface area contributed by atoms with Crippen molar-refractivity contribution < 1.29 is 23.8 Å². The van der Waals surface area contributed by atoms with Gasteiger partial charge < -0.3 is 24.4 Å². The summed E-state index contributed by atoms with van der Waals surface area (Å²) in [5, 5.41) is 8.53. The number of ether oxygens (including phenoxy) is 3. The molecule has 0 unspecified atom stereocenters. The molecular formula is C23H22N4O5S. The number of rotatable bonds is 8. The third-order valence-corrected chi connectivity index (χ3v) is 6.12. The van der Waals surface area contributed by atoms with Crippen molar-refractivity contribution in [2.24, 2.45) is 0 Å². The summed E-state index contributed by atoms with van der Waals surface area (Å²) in [7, 11) is 1.58. The summed E-state index contributed by atoms with van der Waals surface area (Å²) in [6.45, 7) is 0.474. The van der Waals surface area contributed by atoms with Gasteiger partial charge in [-0.25, -0.2) is 0 Å². The van der Waals surface area contributed by atoms with E-state index in [0.717, 1.165) is 29.9 Å². The van der Waals surface area contributed by atoms with Crippen LogP contribution >= 0.6 is 11.5 Å². The van der Waals surface area contributed by atoms with E-state index in [2.05, 4.69) is 14.9 Å². The van der Waals surface area contributed by atoms with E-state index in [4.69, 9.17) is 14.2 Å². The van der Waals surface area contributed by atoms with Crippen LogP contribution < -0.4 is 19.5 Å². The minimum Gasteiger partial charge on any atom is -0.497 e. The predicted molar refractivity (Wildman–Crippen MR) is 119 cm³/mol. The number of hydrogen-bond donors (Lipinski definition) is 1. The maximum Gasteiger partial charge on any atom is 0.276 e. The molecule has 1 aliphatic carbocycles. The van der Waals surface area contributed by atoms with Crippen LogP contribution in [0.5, 0.6) is 17.2 Å². The van der Waals surface area contributed by atoms with Gasteiger partial charge >= 0.3 is 0 Å². The van der Waals surface area contributed by atoms with Crippen LogP contribution in [0.3, 0.4) is 0 Å². The van der Waals surface area contributed by atoms with Crippen molar-refractivity contribution >= 4 is 23.3 Å². The summed E-state index contributed by atoms with van der Waals surface area (Å²) in [5.41, 5.74) is 1.81. The Kier molecular flexibility index (Phi) is 5.82. The van der Waals surface area contributed by atoms with E-state index in [1.54, 1.807) is 29.5 Å². The van der Waals surface area contributed by atoms with E-state index in [1.807, 2.05) is 30.3 Å². The first kappa shape index (κ1) is 21.2. The Morgan fingerprint density at radius 3 is 2.67 bits per heavy atom. The zero-order chi connectivity index (χ0) is 22.8. The van der Waals surface area contributed by atoms with Gasteiger partial charge in [-0.15, -0.1) is 5.10 Å². The number of nitrogens with one attached hydrogen (secondary N) is 1. The smallest absolute Gasteiger partial charge is 0.276 e. The zero-order valence-electron chi connectivity index (χ0n) is 17.9. The molecule has 2 amide bonds. The second-order valence-electron chi connectivity index (χ2n) is 7.81. The van der Waals surface area contributed by atoms with Crippen molar-refractivity contribution in [2.75, 3.05) is 13.9 Å². The second-order valence-corrected chi connectivity index (χ2v) is 8.42. The Balaban J connectivity index is 1.42. The highest BCUT2D eigenvalue weighted by Crippen LogP contribution is 2.37. The second kappa shape index (κ2) is 9.07. The van der Waals surface area contributed by atoms with Crippen LogP contribution in [0, 0.1) is 0 Å². The Bertz CT molecular complexity index is 1150. The van der Waals surface area contributed by atoms with Gasteiger partial charge in [0.15, 0.2) is 17.2 Å². The number of carbonyl (C=O) groups is 2. The standard InChI is InChI=1S/C23H22N4O5S/c1-30-17-7-3-15(4-8-17)21(27(16-5-6-16)23(29)18-12-33-26-25-18)22(28)24-11-14-2-9-19-20(10-14)32-13-31-19/h2-4,7-10,12,16,21H,5-6,11,13H2,1H3,(H,24,28)/t21-/m1/s1. The Morgan fingerprint density at radius 1 is 1.18 bits per heavy atom. The summed E-state index contributed by atoms with van der Waals surface area (Å²) in [5.74, 6) is 1.43. The molecule has 2 aromatic carbocycles. The summed E-state index contributed by atoms with van der Waals surface area (Å²) in [6, 6.07) is 11.9. The third kappa shape index (κ3) is 4.47. The molecule has 1 fully saturated rings. The highest BCUT2D eigenvalue weighted by atomic mass is 32.1. The van der Waals surface area contributed by atoms with E-state index >= 15 is 0 Å². The minimum atomic E-state index is -0.813. The van der Waals surface area contributed by atoms with Crippen molar-refractivity contribution in [1.82, 2.24) is 19.8 Å². The molecule has 33 heavy (non-hydrogen) atoms. The van der Waals surface area contributed by atoms with Crippen LogP contribution in [-0.2, 0) is 11.3 Å². The molecular weight excluding hydrogens is 444 g/mol. The molecule has 1 N–H and O–H groups in total. The van der Waals surface area contributed by atoms with Gasteiger partial charge in [-0.2, -0.15) is 0 Å². The van der Waals surface area contributed by atoms with Gasteiger partial charge in [-0.05, 0) is 59.8 Å². The Hall–Kier alpha value is -3.66. The summed E-state index contributed by atoms with van der Waals surface area (Å²) >= 11 is 1.11. The first-order valence-corrected chi connectivity index (χ1v) is 11.4. The summed E-state index contributed by atoms with van der Waals surface area (Å²) < 4.78 is 19.8. The van der Waals surface area contributed by atoms with Gasteiger partial charge in [-0.1, -0.05) is 22.7 Å². The largest absolute Gasteiger partial charge is 0.497 e. The Morgan fingerprint density at radius 2 is 1.97 bits per heavy atom. The number of fused-ring (bicyclic) bond motifs is 1. The van der Waals surface area contributed by atoms with Crippen LogP contribution in [0.25, 0.3) is 0 Å². The van der Waals surface area contributed by atoms with Gasteiger partial charge in [-0.3, -0.25) is 9.59 Å². The van der Waals surface area contributed by atoms with Crippen molar-refractivity contribution in [3.8, 4) is 17.2 Å². The SMILES string of the molecule is COc1ccc([C@H](C(=O)NCc2ccc3c(c2)OCO3)N(C(=O)c2csnn2)C2CC2)cc1. The predicted octanol–water partition coefficient (Wildman–Crippen LogP) is 2.94. The molecule has 0 saturated heterocycles. The molecule has 10 heteroatoms. The lowest BCUT2D eigenvalue weighted by Crippen LogP contribution is -2.45. The quantitative estimate of drug-likeness (QED) is 0.544. The Labute approximate surface area is 194 Å². The van der Waals surface area contributed by atoms with Gasteiger partial charge in [0.05, 0.1) is 7.11 Å². The number of methoxy groups -OCH3 is 1. The van der Waals surface area contributed by atoms with Gasteiger partial charge in [0.2, 0.25) is 12.7 Å². The highest BCUT2D eigenvalue weighted by molar-refractivity contribution is 7.03. The normalized spacial score (nSPS) is 15.1. The van der Waals surface area contributed by atoms with Crippen LogP contribution in [0.2, 0.25) is 0 Å². The van der Waals surface area contributed by atoms with Crippen molar-refractivity contribution in [1.29, 1.82) is 0 Å². The lowest BCUT2D eigenvalue weighted by molar-refractivity contribution is -0.126. The molecule has 1 saturated carbocycles. The number of carbonyl (C=O) groups excluding carboxylic acids is 2. The van der Waals surface area contributed by atoms with E-state index in [-0.39, 0.29) is 36.9 Å². The van der Waals surface area contributed by atoms with Crippen LogP contribution in [0.4, 0.5) is 0 Å². The molecule has 1 aliphatic heterocycles. The third-order valence-electron chi connectivity index (χ3n) is 5.62. The first-order valence-electron chi connectivity index (χ1n) is 10.5. The van der Waals surface area contributed by atoms with Crippen LogP contribution in [-0.4, -0.2) is 46.2 Å². The summed E-state index contributed by atoms with van der Waals surface area (Å²) in [4.78, 5) is 28.5. The lowest BCUT2D eigenvalue weighted by Gasteiger charge is -2.31.